The van der Waals surface area contributed by atoms with Crippen LogP contribution in [-0.4, -0.2) is 37.2 Å². The number of rotatable bonds is 51. The Labute approximate surface area is 387 Å². The molecule has 6 nitrogen and oxygen atoms in total. The SMILES string of the molecule is CCCCCCCCCCCCCCCCCC(=O)O[C@H](COC(=O)CCCCCCCCCCCCCCCC)COC(=O)CCCCCCCCCCCCCCC(C)C. The number of unbranched alkanes of at least 4 members (excludes halogenated alkanes) is 38. The maximum atomic E-state index is 12.8. The van der Waals surface area contributed by atoms with Crippen LogP contribution in [0.2, 0.25) is 0 Å². The van der Waals surface area contributed by atoms with Gasteiger partial charge in [0.1, 0.15) is 13.2 Å². The van der Waals surface area contributed by atoms with Gasteiger partial charge in [-0.3, -0.25) is 14.4 Å². The maximum Gasteiger partial charge on any atom is 0.306 e. The molecule has 0 aromatic heterocycles. The summed E-state index contributed by atoms with van der Waals surface area (Å²) in [5, 5.41) is 0. The van der Waals surface area contributed by atoms with Crippen molar-refractivity contribution in [2.45, 2.75) is 323 Å². The van der Waals surface area contributed by atoms with Gasteiger partial charge in [-0.15, -0.1) is 0 Å². The van der Waals surface area contributed by atoms with E-state index in [-0.39, 0.29) is 31.1 Å². The summed E-state index contributed by atoms with van der Waals surface area (Å²) in [6, 6.07) is 0. The molecule has 0 aromatic rings. The van der Waals surface area contributed by atoms with Gasteiger partial charge in [0.25, 0.3) is 0 Å². The van der Waals surface area contributed by atoms with Gasteiger partial charge in [0.15, 0.2) is 6.10 Å². The van der Waals surface area contributed by atoms with Crippen LogP contribution in [0.5, 0.6) is 0 Å². The highest BCUT2D eigenvalue weighted by atomic mass is 16.6. The van der Waals surface area contributed by atoms with Gasteiger partial charge in [0.2, 0.25) is 0 Å². The third-order valence-electron chi connectivity index (χ3n) is 12.8. The van der Waals surface area contributed by atoms with Gasteiger partial charge in [0.05, 0.1) is 0 Å². The molecule has 0 aliphatic heterocycles. The second-order valence-corrected chi connectivity index (χ2v) is 19.7. The summed E-state index contributed by atoms with van der Waals surface area (Å²) in [6.45, 7) is 9.05. The Morgan fingerprint density at radius 1 is 0.306 bits per heavy atom. The van der Waals surface area contributed by atoms with Gasteiger partial charge in [-0.05, 0) is 25.2 Å². The molecule has 0 saturated carbocycles. The molecule has 1 atom stereocenters. The Bertz CT molecular complexity index is 933. The fourth-order valence-electron chi connectivity index (χ4n) is 8.57. The Kier molecular flexibility index (Phi) is 49.1. The second kappa shape index (κ2) is 50.4. The van der Waals surface area contributed by atoms with Gasteiger partial charge in [0, 0.05) is 19.3 Å². The summed E-state index contributed by atoms with van der Waals surface area (Å²) in [6.07, 6.45) is 53.7. The van der Waals surface area contributed by atoms with E-state index < -0.39 is 6.10 Å². The quantitative estimate of drug-likeness (QED) is 0.0344. The van der Waals surface area contributed by atoms with Crippen molar-refractivity contribution < 1.29 is 28.6 Å². The first kappa shape index (κ1) is 60.4. The van der Waals surface area contributed by atoms with Crippen LogP contribution < -0.4 is 0 Å². The van der Waals surface area contributed by atoms with Crippen molar-refractivity contribution in [1.29, 1.82) is 0 Å². The standard InChI is InChI=1S/C56H108O6/c1-5-7-9-11-13-15-17-19-21-23-29-33-37-41-45-49-56(59)62-53(50-60-54(57)47-43-39-35-31-27-22-20-18-16-14-12-10-8-6-2)51-61-55(58)48-44-40-36-32-28-25-24-26-30-34-38-42-46-52(3)4/h52-53H,5-51H2,1-4H3/t53-/m1/s1. The van der Waals surface area contributed by atoms with Gasteiger partial charge in [-0.2, -0.15) is 0 Å². The molecule has 0 aliphatic carbocycles. The van der Waals surface area contributed by atoms with Crippen molar-refractivity contribution in [3.05, 3.63) is 0 Å². The summed E-state index contributed by atoms with van der Waals surface area (Å²) in [5.74, 6) is -0.00375. The van der Waals surface area contributed by atoms with Gasteiger partial charge in [-0.1, -0.05) is 278 Å². The lowest BCUT2D eigenvalue weighted by atomic mass is 10.0. The van der Waals surface area contributed by atoms with E-state index in [1.807, 2.05) is 0 Å². The van der Waals surface area contributed by atoms with Crippen LogP contribution in [0, 0.1) is 5.92 Å². The molecule has 0 bridgehead atoms. The van der Waals surface area contributed by atoms with Gasteiger partial charge >= 0.3 is 17.9 Å². The van der Waals surface area contributed by atoms with E-state index >= 15 is 0 Å². The molecule has 62 heavy (non-hydrogen) atoms. The lowest BCUT2D eigenvalue weighted by Crippen LogP contribution is -2.30. The highest BCUT2D eigenvalue weighted by molar-refractivity contribution is 5.71. The average molecular weight is 877 g/mol. The molecule has 0 fully saturated rings. The second-order valence-electron chi connectivity index (χ2n) is 19.7. The predicted molar refractivity (Wildman–Crippen MR) is 266 cm³/mol. The third-order valence-corrected chi connectivity index (χ3v) is 12.8. The molecule has 0 heterocycles. The van der Waals surface area contributed by atoms with E-state index in [9.17, 15) is 14.4 Å². The molecule has 0 saturated heterocycles. The smallest absolute Gasteiger partial charge is 0.306 e. The van der Waals surface area contributed by atoms with Crippen LogP contribution in [0.1, 0.15) is 317 Å². The molecule has 0 radical (unpaired) electrons. The molecule has 0 aliphatic rings. The van der Waals surface area contributed by atoms with E-state index in [2.05, 4.69) is 27.7 Å². The van der Waals surface area contributed by atoms with Crippen LogP contribution in [-0.2, 0) is 28.6 Å². The minimum atomic E-state index is -0.761. The highest BCUT2D eigenvalue weighted by Gasteiger charge is 2.19. The van der Waals surface area contributed by atoms with E-state index in [4.69, 9.17) is 14.2 Å². The van der Waals surface area contributed by atoms with Crippen LogP contribution >= 0.6 is 0 Å². The summed E-state index contributed by atoms with van der Waals surface area (Å²) in [7, 11) is 0. The van der Waals surface area contributed by atoms with Crippen LogP contribution in [0.4, 0.5) is 0 Å². The molecule has 0 unspecified atom stereocenters. The third kappa shape index (κ3) is 49.4. The van der Waals surface area contributed by atoms with E-state index in [0.717, 1.165) is 63.7 Å². The average Bonchev–Trinajstić information content (AvgIpc) is 3.26. The summed E-state index contributed by atoms with van der Waals surface area (Å²) in [5.41, 5.74) is 0. The van der Waals surface area contributed by atoms with Crippen molar-refractivity contribution in [3.8, 4) is 0 Å². The molecule has 0 aromatic carbocycles. The first-order chi connectivity index (χ1) is 30.4. The lowest BCUT2D eigenvalue weighted by molar-refractivity contribution is -0.167. The highest BCUT2D eigenvalue weighted by Crippen LogP contribution is 2.18. The van der Waals surface area contributed by atoms with Crippen LogP contribution in [0.3, 0.4) is 0 Å². The first-order valence-electron chi connectivity index (χ1n) is 27.9. The molecule has 6 heteroatoms. The number of hydrogen-bond donors (Lipinski definition) is 0. The normalized spacial score (nSPS) is 12.0. The Hall–Kier alpha value is -1.59. The molecule has 368 valence electrons. The largest absolute Gasteiger partial charge is 0.462 e. The number of ether oxygens (including phenoxy) is 3. The van der Waals surface area contributed by atoms with Crippen molar-refractivity contribution in [2.24, 2.45) is 5.92 Å². The molecule has 0 spiro atoms. The summed E-state index contributed by atoms with van der Waals surface area (Å²) in [4.78, 5) is 38.1. The van der Waals surface area contributed by atoms with Crippen molar-refractivity contribution in [3.63, 3.8) is 0 Å². The fraction of sp³-hybridized carbons (Fsp3) is 0.946. The number of esters is 3. The monoisotopic (exact) mass is 877 g/mol. The van der Waals surface area contributed by atoms with Crippen LogP contribution in [0.15, 0.2) is 0 Å². The molecular weight excluding hydrogens is 769 g/mol. The van der Waals surface area contributed by atoms with Gasteiger partial charge in [-0.25, -0.2) is 0 Å². The van der Waals surface area contributed by atoms with Crippen LogP contribution in [0.25, 0.3) is 0 Å². The Balaban J connectivity index is 4.31. The van der Waals surface area contributed by atoms with Crippen molar-refractivity contribution in [1.82, 2.24) is 0 Å². The predicted octanol–water partition coefficient (Wildman–Crippen LogP) is 18.2. The minimum absolute atomic E-state index is 0.0621. The topological polar surface area (TPSA) is 78.9 Å². The fourth-order valence-corrected chi connectivity index (χ4v) is 8.57. The number of carbonyl (C=O) groups is 3. The van der Waals surface area contributed by atoms with Crippen molar-refractivity contribution >= 4 is 17.9 Å². The number of carbonyl (C=O) groups excluding carboxylic acids is 3. The Morgan fingerprint density at radius 3 is 0.790 bits per heavy atom. The Morgan fingerprint density at radius 2 is 0.532 bits per heavy atom. The van der Waals surface area contributed by atoms with E-state index in [0.29, 0.717) is 19.3 Å². The zero-order chi connectivity index (χ0) is 45.2. The zero-order valence-corrected chi connectivity index (χ0v) is 42.3. The molecular formula is C56H108O6. The zero-order valence-electron chi connectivity index (χ0n) is 42.3. The van der Waals surface area contributed by atoms with Crippen molar-refractivity contribution in [2.75, 3.05) is 13.2 Å². The summed E-state index contributed by atoms with van der Waals surface area (Å²) < 4.78 is 16.9. The first-order valence-corrected chi connectivity index (χ1v) is 27.9. The summed E-state index contributed by atoms with van der Waals surface area (Å²) >= 11 is 0. The van der Waals surface area contributed by atoms with E-state index in [1.165, 1.54) is 212 Å². The molecule has 0 rings (SSSR count). The number of hydrogen-bond acceptors (Lipinski definition) is 6. The van der Waals surface area contributed by atoms with E-state index in [1.54, 1.807) is 0 Å². The molecule has 0 amide bonds. The van der Waals surface area contributed by atoms with Gasteiger partial charge < -0.3 is 14.2 Å². The maximum absolute atomic E-state index is 12.8. The molecule has 0 N–H and O–H groups in total. The minimum Gasteiger partial charge on any atom is -0.462 e. The lowest BCUT2D eigenvalue weighted by Gasteiger charge is -2.18.